The van der Waals surface area contributed by atoms with Crippen LogP contribution in [0.5, 0.6) is 5.75 Å². The molecule has 1 rings (SSSR count). The topological polar surface area (TPSA) is 58.6 Å². The molecule has 0 radical (unpaired) electrons. The first kappa shape index (κ1) is 14.7. The van der Waals surface area contributed by atoms with Gasteiger partial charge in [-0.05, 0) is 24.6 Å². The van der Waals surface area contributed by atoms with Gasteiger partial charge in [0, 0.05) is 13.7 Å². The lowest BCUT2D eigenvalue weighted by molar-refractivity contribution is 0.0948. The smallest absolute Gasteiger partial charge is 0.255 e. The molecule has 4 nitrogen and oxygen atoms in total. The number of ether oxygens (including phenoxy) is 1. The van der Waals surface area contributed by atoms with E-state index in [1.54, 1.807) is 7.11 Å². The number of alkyl halides is 1. The Labute approximate surface area is 110 Å². The third kappa shape index (κ3) is 4.50. The Bertz CT molecular complexity index is 414. The van der Waals surface area contributed by atoms with Crippen molar-refractivity contribution >= 4 is 17.5 Å². The maximum absolute atomic E-state index is 12.9. The Morgan fingerprint density at radius 2 is 2.33 bits per heavy atom. The number of rotatable bonds is 6. The first-order chi connectivity index (χ1) is 8.54. The fourth-order valence-corrected chi connectivity index (χ4v) is 1.63. The standard InChI is InChI=1S/C12H15ClFNO3/c1-18-7-8(13)4-5-15-12(17)10-6-9(14)2-3-11(10)16/h2-3,6,8,16H,4-5,7H2,1H3,(H,15,17). The molecule has 0 bridgehead atoms. The van der Waals surface area contributed by atoms with E-state index in [4.69, 9.17) is 16.3 Å². The number of aromatic hydroxyl groups is 1. The number of methoxy groups -OCH3 is 1. The van der Waals surface area contributed by atoms with Gasteiger partial charge in [-0.2, -0.15) is 0 Å². The van der Waals surface area contributed by atoms with Crippen LogP contribution in [0, 0.1) is 5.82 Å². The van der Waals surface area contributed by atoms with Crippen molar-refractivity contribution in [2.45, 2.75) is 11.8 Å². The lowest BCUT2D eigenvalue weighted by atomic mass is 10.2. The third-order valence-electron chi connectivity index (χ3n) is 2.29. The van der Waals surface area contributed by atoms with E-state index in [9.17, 15) is 14.3 Å². The molecule has 0 fully saturated rings. The number of phenolic OH excluding ortho intramolecular Hbond substituents is 1. The van der Waals surface area contributed by atoms with Gasteiger partial charge < -0.3 is 15.2 Å². The van der Waals surface area contributed by atoms with E-state index in [1.807, 2.05) is 0 Å². The zero-order chi connectivity index (χ0) is 13.5. The molecule has 0 heterocycles. The molecule has 1 atom stereocenters. The molecule has 100 valence electrons. The van der Waals surface area contributed by atoms with E-state index in [0.717, 1.165) is 18.2 Å². The second kappa shape index (κ2) is 7.18. The van der Waals surface area contributed by atoms with Crippen LogP contribution in [0.3, 0.4) is 0 Å². The molecule has 6 heteroatoms. The van der Waals surface area contributed by atoms with Crippen LogP contribution in [-0.4, -0.2) is 36.7 Å². The summed E-state index contributed by atoms with van der Waals surface area (Å²) < 4.78 is 17.8. The lowest BCUT2D eigenvalue weighted by Crippen LogP contribution is -2.27. The molecule has 0 spiro atoms. The molecule has 0 saturated heterocycles. The minimum atomic E-state index is -0.576. The maximum Gasteiger partial charge on any atom is 0.255 e. The summed E-state index contributed by atoms with van der Waals surface area (Å²) in [5.41, 5.74) is -0.0899. The van der Waals surface area contributed by atoms with Crippen LogP contribution in [0.4, 0.5) is 4.39 Å². The average Bonchev–Trinajstić information content (AvgIpc) is 2.32. The highest BCUT2D eigenvalue weighted by molar-refractivity contribution is 6.20. The predicted octanol–water partition coefficient (Wildman–Crippen LogP) is 1.90. The summed E-state index contributed by atoms with van der Waals surface area (Å²) in [6, 6.07) is 3.21. The van der Waals surface area contributed by atoms with Crippen molar-refractivity contribution in [2.75, 3.05) is 20.3 Å². The molecule has 0 aliphatic heterocycles. The summed E-state index contributed by atoms with van der Waals surface area (Å²) in [5, 5.41) is 11.8. The van der Waals surface area contributed by atoms with Gasteiger partial charge in [0.1, 0.15) is 11.6 Å². The van der Waals surface area contributed by atoms with Gasteiger partial charge in [-0.25, -0.2) is 4.39 Å². The fourth-order valence-electron chi connectivity index (χ4n) is 1.39. The predicted molar refractivity (Wildman–Crippen MR) is 66.5 cm³/mol. The maximum atomic E-state index is 12.9. The zero-order valence-corrected chi connectivity index (χ0v) is 10.7. The van der Waals surface area contributed by atoms with E-state index in [-0.39, 0.29) is 16.7 Å². The van der Waals surface area contributed by atoms with Gasteiger partial charge in [0.15, 0.2) is 0 Å². The molecule has 1 unspecified atom stereocenters. The third-order valence-corrected chi connectivity index (χ3v) is 2.64. The van der Waals surface area contributed by atoms with Gasteiger partial charge in [-0.3, -0.25) is 4.79 Å². The summed E-state index contributed by atoms with van der Waals surface area (Å²) >= 11 is 5.88. The van der Waals surface area contributed by atoms with Crippen molar-refractivity contribution in [1.29, 1.82) is 0 Å². The van der Waals surface area contributed by atoms with Crippen LogP contribution in [0.25, 0.3) is 0 Å². The molecule has 1 amide bonds. The molecule has 2 N–H and O–H groups in total. The normalized spacial score (nSPS) is 12.2. The molecule has 0 aliphatic rings. The van der Waals surface area contributed by atoms with Gasteiger partial charge >= 0.3 is 0 Å². The van der Waals surface area contributed by atoms with Crippen LogP contribution < -0.4 is 5.32 Å². The van der Waals surface area contributed by atoms with Crippen LogP contribution in [-0.2, 0) is 4.74 Å². The van der Waals surface area contributed by atoms with Crippen LogP contribution in [0.1, 0.15) is 16.8 Å². The van der Waals surface area contributed by atoms with Gasteiger partial charge in [0.05, 0.1) is 17.5 Å². The van der Waals surface area contributed by atoms with Gasteiger partial charge in [0.25, 0.3) is 5.91 Å². The van der Waals surface area contributed by atoms with Crippen molar-refractivity contribution in [2.24, 2.45) is 0 Å². The Hall–Kier alpha value is -1.33. The van der Waals surface area contributed by atoms with Gasteiger partial charge in [0.2, 0.25) is 0 Å². The number of hydrogen-bond donors (Lipinski definition) is 2. The molecular weight excluding hydrogens is 261 g/mol. The Kier molecular flexibility index (Phi) is 5.88. The van der Waals surface area contributed by atoms with E-state index in [0.29, 0.717) is 19.6 Å². The number of amides is 1. The second-order valence-corrected chi connectivity index (χ2v) is 4.38. The van der Waals surface area contributed by atoms with Gasteiger partial charge in [-0.1, -0.05) is 0 Å². The molecular formula is C12H15ClFNO3. The van der Waals surface area contributed by atoms with Crippen molar-refractivity contribution in [3.8, 4) is 5.75 Å². The number of nitrogens with one attached hydrogen (secondary N) is 1. The average molecular weight is 276 g/mol. The lowest BCUT2D eigenvalue weighted by Gasteiger charge is -2.10. The van der Waals surface area contributed by atoms with Crippen LogP contribution in [0.15, 0.2) is 18.2 Å². The first-order valence-electron chi connectivity index (χ1n) is 5.44. The van der Waals surface area contributed by atoms with E-state index in [2.05, 4.69) is 5.32 Å². The minimum absolute atomic E-state index is 0.0899. The quantitative estimate of drug-likeness (QED) is 0.780. The summed E-state index contributed by atoms with van der Waals surface area (Å²) in [4.78, 5) is 11.6. The Balaban J connectivity index is 2.48. The fraction of sp³-hybridized carbons (Fsp3) is 0.417. The van der Waals surface area contributed by atoms with E-state index >= 15 is 0 Å². The number of hydrogen-bond acceptors (Lipinski definition) is 3. The molecule has 18 heavy (non-hydrogen) atoms. The Morgan fingerprint density at radius 1 is 1.61 bits per heavy atom. The van der Waals surface area contributed by atoms with Crippen molar-refractivity contribution in [3.63, 3.8) is 0 Å². The van der Waals surface area contributed by atoms with Crippen LogP contribution in [0.2, 0.25) is 0 Å². The van der Waals surface area contributed by atoms with Crippen LogP contribution >= 0.6 is 11.6 Å². The molecule has 0 aromatic heterocycles. The molecule has 0 aliphatic carbocycles. The summed E-state index contributed by atoms with van der Waals surface area (Å²) in [7, 11) is 1.54. The highest BCUT2D eigenvalue weighted by Crippen LogP contribution is 2.17. The van der Waals surface area contributed by atoms with Gasteiger partial charge in [-0.15, -0.1) is 11.6 Å². The molecule has 1 aromatic rings. The highest BCUT2D eigenvalue weighted by Gasteiger charge is 2.12. The number of carbonyl (C=O) groups excluding carboxylic acids is 1. The molecule has 1 aromatic carbocycles. The van der Waals surface area contributed by atoms with E-state index in [1.165, 1.54) is 0 Å². The summed E-state index contributed by atoms with van der Waals surface area (Å²) in [5.74, 6) is -1.37. The summed E-state index contributed by atoms with van der Waals surface area (Å²) in [6.07, 6.45) is 0.525. The van der Waals surface area contributed by atoms with Crippen molar-refractivity contribution in [3.05, 3.63) is 29.6 Å². The largest absolute Gasteiger partial charge is 0.507 e. The van der Waals surface area contributed by atoms with Crippen molar-refractivity contribution in [1.82, 2.24) is 5.32 Å². The number of benzene rings is 1. The zero-order valence-electron chi connectivity index (χ0n) is 9.95. The minimum Gasteiger partial charge on any atom is -0.507 e. The Morgan fingerprint density at radius 3 is 3.00 bits per heavy atom. The monoisotopic (exact) mass is 275 g/mol. The second-order valence-electron chi connectivity index (χ2n) is 3.76. The SMILES string of the molecule is COCC(Cl)CCNC(=O)c1cc(F)ccc1O. The highest BCUT2D eigenvalue weighted by atomic mass is 35.5. The summed E-state index contributed by atoms with van der Waals surface area (Å²) in [6.45, 7) is 0.717. The number of halogens is 2. The first-order valence-corrected chi connectivity index (χ1v) is 5.88. The van der Waals surface area contributed by atoms with Crippen molar-refractivity contribution < 1.29 is 19.0 Å². The molecule has 0 saturated carbocycles. The number of phenols is 1. The van der Waals surface area contributed by atoms with E-state index < -0.39 is 11.7 Å². The number of carbonyl (C=O) groups is 1.